The van der Waals surface area contributed by atoms with Gasteiger partial charge < -0.3 is 14.6 Å². The minimum Gasteiger partial charge on any atom is -0.406 e. The number of imidazole rings is 1. The third kappa shape index (κ3) is 5.84. The van der Waals surface area contributed by atoms with Crippen LogP contribution >= 0.6 is 0 Å². The van der Waals surface area contributed by atoms with Crippen molar-refractivity contribution < 1.29 is 26.7 Å². The summed E-state index contributed by atoms with van der Waals surface area (Å²) in [6.45, 7) is 9.12. The van der Waals surface area contributed by atoms with E-state index in [1.165, 1.54) is 24.3 Å². The summed E-state index contributed by atoms with van der Waals surface area (Å²) in [4.78, 5) is 4.92. The van der Waals surface area contributed by atoms with Crippen molar-refractivity contribution in [3.05, 3.63) is 48.0 Å². The van der Waals surface area contributed by atoms with Gasteiger partial charge in [-0.25, -0.2) is 13.9 Å². The summed E-state index contributed by atoms with van der Waals surface area (Å²) in [6, 6.07) is 11.7. The van der Waals surface area contributed by atoms with Crippen LogP contribution in [0.4, 0.5) is 24.8 Å². The highest BCUT2D eigenvalue weighted by Gasteiger charge is 2.46. The van der Waals surface area contributed by atoms with E-state index in [4.69, 9.17) is 4.98 Å². The van der Waals surface area contributed by atoms with Gasteiger partial charge in [-0.3, -0.25) is 4.55 Å². The largest absolute Gasteiger partial charge is 0.573 e. The molecular weight excluding hydrogens is 517 g/mol. The highest BCUT2D eigenvalue weighted by Crippen LogP contribution is 2.52. The lowest BCUT2D eigenvalue weighted by Gasteiger charge is -2.45. The molecule has 2 aliphatic rings. The number of halogens is 3. The highest BCUT2D eigenvalue weighted by molar-refractivity contribution is 7.77. The molecule has 38 heavy (non-hydrogen) atoms. The predicted molar refractivity (Wildman–Crippen MR) is 141 cm³/mol. The quantitative estimate of drug-likeness (QED) is 0.272. The van der Waals surface area contributed by atoms with Crippen LogP contribution in [0.3, 0.4) is 0 Å². The Morgan fingerprint density at radius 1 is 1.05 bits per heavy atom. The van der Waals surface area contributed by atoms with Gasteiger partial charge in [-0.05, 0) is 84.9 Å². The van der Waals surface area contributed by atoms with Crippen LogP contribution in [-0.4, -0.2) is 24.7 Å². The first-order valence-electron chi connectivity index (χ1n) is 12.7. The predicted octanol–water partition coefficient (Wildman–Crippen LogP) is 7.17. The van der Waals surface area contributed by atoms with Crippen LogP contribution in [0.25, 0.3) is 11.0 Å². The topological polar surface area (TPSA) is 88.4 Å². The number of rotatable bonds is 7. The van der Waals surface area contributed by atoms with E-state index in [9.17, 15) is 21.9 Å². The molecule has 1 heterocycles. The van der Waals surface area contributed by atoms with Crippen molar-refractivity contribution in [2.75, 3.05) is 5.32 Å². The molecule has 1 unspecified atom stereocenters. The van der Waals surface area contributed by atoms with Gasteiger partial charge in [0.15, 0.2) is 0 Å². The van der Waals surface area contributed by atoms with E-state index in [1.54, 1.807) is 0 Å². The van der Waals surface area contributed by atoms with E-state index in [0.717, 1.165) is 48.7 Å². The zero-order valence-corrected chi connectivity index (χ0v) is 22.7. The zero-order chi connectivity index (χ0) is 27.5. The van der Waals surface area contributed by atoms with Crippen LogP contribution in [0, 0.1) is 10.8 Å². The Bertz CT molecular complexity index is 1350. The summed E-state index contributed by atoms with van der Waals surface area (Å²) < 4.78 is 67.7. The van der Waals surface area contributed by atoms with Crippen LogP contribution < -0.4 is 14.8 Å². The van der Waals surface area contributed by atoms with Gasteiger partial charge in [0.25, 0.3) is 0 Å². The standard InChI is InChI=1S/C27H33F3N4O3S/c1-24(2)14-19(15-25(3,4)16-24)34-22-10-5-17(26(11-12-26)33-38(35)36)13-21(22)32-23(34)31-18-6-8-20(9-7-18)37-27(28,29)30/h5-10,13,19,33H,11-12,14-16H2,1-4H3,(H,31,32)(H,35,36). The Morgan fingerprint density at radius 2 is 1.68 bits per heavy atom. The zero-order valence-electron chi connectivity index (χ0n) is 21.9. The number of hydrogen-bond acceptors (Lipinski definition) is 4. The van der Waals surface area contributed by atoms with E-state index in [1.807, 2.05) is 18.2 Å². The summed E-state index contributed by atoms with van der Waals surface area (Å²) in [5.74, 6) is 0.309. The lowest BCUT2D eigenvalue weighted by Crippen LogP contribution is -2.35. The van der Waals surface area contributed by atoms with Gasteiger partial charge in [0, 0.05) is 11.7 Å². The van der Waals surface area contributed by atoms with Crippen molar-refractivity contribution in [2.45, 2.75) is 77.7 Å². The molecule has 2 saturated carbocycles. The summed E-state index contributed by atoms with van der Waals surface area (Å²) in [5.41, 5.74) is 2.87. The maximum atomic E-state index is 12.6. The Balaban J connectivity index is 1.55. The number of fused-ring (bicyclic) bond motifs is 1. The van der Waals surface area contributed by atoms with E-state index in [0.29, 0.717) is 11.6 Å². The summed E-state index contributed by atoms with van der Waals surface area (Å²) in [5, 5.41) is 3.32. The van der Waals surface area contributed by atoms with Gasteiger partial charge in [0.1, 0.15) is 5.75 Å². The SMILES string of the molecule is CC1(C)CC(n2c(Nc3ccc(OC(F)(F)F)cc3)nc3cc(C4(NS(=O)O)CC4)ccc32)CC(C)(C)C1. The Morgan fingerprint density at radius 3 is 2.24 bits per heavy atom. The molecule has 0 spiro atoms. The van der Waals surface area contributed by atoms with Crippen LogP contribution in [0.1, 0.15) is 71.4 Å². The molecule has 206 valence electrons. The number of nitrogens with zero attached hydrogens (tertiary/aromatic N) is 2. The number of nitrogens with one attached hydrogen (secondary N) is 2. The van der Waals surface area contributed by atoms with E-state index in [2.05, 4.69) is 47.0 Å². The molecule has 3 N–H and O–H groups in total. The Kier molecular flexibility index (Phi) is 6.55. The Hall–Kier alpha value is -2.63. The number of anilines is 2. The minimum atomic E-state index is -4.75. The summed E-state index contributed by atoms with van der Waals surface area (Å²) in [7, 11) is 0. The van der Waals surface area contributed by atoms with Gasteiger partial charge in [0.05, 0.1) is 16.6 Å². The van der Waals surface area contributed by atoms with Crippen LogP contribution in [0.2, 0.25) is 0 Å². The molecule has 2 aromatic carbocycles. The normalized spacial score (nSPS) is 21.3. The average molecular weight is 551 g/mol. The number of ether oxygens (including phenoxy) is 1. The van der Waals surface area contributed by atoms with Crippen molar-refractivity contribution >= 4 is 33.9 Å². The highest BCUT2D eigenvalue weighted by atomic mass is 32.2. The first-order chi connectivity index (χ1) is 17.6. The maximum absolute atomic E-state index is 12.6. The molecule has 0 amide bonds. The first-order valence-corrected chi connectivity index (χ1v) is 13.8. The van der Waals surface area contributed by atoms with E-state index < -0.39 is 23.2 Å². The molecule has 3 aromatic rings. The first kappa shape index (κ1) is 27.0. The monoisotopic (exact) mass is 550 g/mol. The van der Waals surface area contributed by atoms with Crippen LogP contribution in [0.15, 0.2) is 42.5 Å². The van der Waals surface area contributed by atoms with Gasteiger partial charge >= 0.3 is 6.36 Å². The second-order valence-electron chi connectivity index (χ2n) is 12.2. The second-order valence-corrected chi connectivity index (χ2v) is 12.9. The summed E-state index contributed by atoms with van der Waals surface area (Å²) >= 11 is -2.13. The molecule has 0 bridgehead atoms. The molecule has 2 fully saturated rings. The van der Waals surface area contributed by atoms with Crippen LogP contribution in [-0.2, 0) is 16.8 Å². The van der Waals surface area contributed by atoms with Crippen molar-refractivity contribution in [3.63, 3.8) is 0 Å². The molecule has 0 saturated heterocycles. The van der Waals surface area contributed by atoms with Crippen molar-refractivity contribution in [1.82, 2.24) is 14.3 Å². The van der Waals surface area contributed by atoms with Gasteiger partial charge in [-0.2, -0.15) is 0 Å². The molecule has 11 heteroatoms. The molecular formula is C27H33F3N4O3S. The van der Waals surface area contributed by atoms with Crippen molar-refractivity contribution in [1.29, 1.82) is 0 Å². The number of benzene rings is 2. The number of hydrogen-bond donors (Lipinski definition) is 3. The van der Waals surface area contributed by atoms with Crippen molar-refractivity contribution in [2.24, 2.45) is 10.8 Å². The summed E-state index contributed by atoms with van der Waals surface area (Å²) in [6.07, 6.45) is -0.236. The number of alkyl halides is 3. The third-order valence-corrected chi connectivity index (χ3v) is 8.08. The fourth-order valence-corrected chi connectivity index (χ4v) is 7.09. The molecule has 0 aliphatic heterocycles. The van der Waals surface area contributed by atoms with E-state index >= 15 is 0 Å². The number of aromatic nitrogens is 2. The van der Waals surface area contributed by atoms with Gasteiger partial charge in [-0.15, -0.1) is 13.2 Å². The average Bonchev–Trinajstić information content (AvgIpc) is 3.43. The Labute approximate surface area is 222 Å². The fourth-order valence-electron chi connectivity index (χ4n) is 6.44. The molecule has 1 atom stereocenters. The maximum Gasteiger partial charge on any atom is 0.573 e. The molecule has 0 radical (unpaired) electrons. The van der Waals surface area contributed by atoms with Gasteiger partial charge in [0.2, 0.25) is 17.2 Å². The van der Waals surface area contributed by atoms with Crippen LogP contribution in [0.5, 0.6) is 5.75 Å². The molecule has 1 aromatic heterocycles. The minimum absolute atomic E-state index is 0.115. The van der Waals surface area contributed by atoms with Crippen molar-refractivity contribution in [3.8, 4) is 5.75 Å². The smallest absolute Gasteiger partial charge is 0.406 e. The lowest BCUT2D eigenvalue weighted by molar-refractivity contribution is -0.274. The van der Waals surface area contributed by atoms with E-state index in [-0.39, 0.29) is 22.6 Å². The lowest BCUT2D eigenvalue weighted by atomic mass is 9.63. The second kappa shape index (κ2) is 9.24. The molecule has 2 aliphatic carbocycles. The molecule has 7 nitrogen and oxygen atoms in total. The van der Waals surface area contributed by atoms with Gasteiger partial charge in [-0.1, -0.05) is 33.8 Å². The third-order valence-electron chi connectivity index (χ3n) is 7.52. The fraction of sp³-hybridized carbons (Fsp3) is 0.519. The molecule has 5 rings (SSSR count).